The molecule has 184 valence electrons. The minimum absolute atomic E-state index is 0.118. The number of ether oxygens (including phenoxy) is 2. The van der Waals surface area contributed by atoms with Crippen molar-refractivity contribution in [1.82, 2.24) is 14.8 Å². The van der Waals surface area contributed by atoms with Crippen molar-refractivity contribution in [1.29, 1.82) is 0 Å². The van der Waals surface area contributed by atoms with Gasteiger partial charge in [-0.1, -0.05) is 36.9 Å². The van der Waals surface area contributed by atoms with E-state index in [0.717, 1.165) is 41.0 Å². The van der Waals surface area contributed by atoms with E-state index in [1.54, 1.807) is 13.2 Å². The number of anilines is 1. The highest BCUT2D eigenvalue weighted by molar-refractivity contribution is 7.99. The predicted octanol–water partition coefficient (Wildman–Crippen LogP) is 4.84. The molecule has 0 bridgehead atoms. The van der Waals surface area contributed by atoms with Crippen molar-refractivity contribution in [2.24, 2.45) is 5.92 Å². The van der Waals surface area contributed by atoms with E-state index in [9.17, 15) is 9.59 Å². The Morgan fingerprint density at radius 1 is 1.34 bits per heavy atom. The number of hydrogen-bond donors (Lipinski definition) is 1. The summed E-state index contributed by atoms with van der Waals surface area (Å²) in [5.41, 5.74) is 2.36. The second kappa shape index (κ2) is 11.1. The third kappa shape index (κ3) is 5.43. The second-order valence-electron chi connectivity index (χ2n) is 8.32. The van der Waals surface area contributed by atoms with Crippen LogP contribution in [-0.4, -0.2) is 46.6 Å². The third-order valence-electron chi connectivity index (χ3n) is 5.84. The van der Waals surface area contributed by atoms with Gasteiger partial charge in [0.05, 0.1) is 25.5 Å². The average molecular weight is 513 g/mol. The lowest BCUT2D eigenvalue weighted by Crippen LogP contribution is -2.17. The van der Waals surface area contributed by atoms with Crippen molar-refractivity contribution in [3.05, 3.63) is 52.9 Å². The minimum atomic E-state index is -0.409. The van der Waals surface area contributed by atoms with E-state index in [0.29, 0.717) is 34.0 Å². The molecule has 4 rings (SSSR count). The van der Waals surface area contributed by atoms with Crippen LogP contribution in [0, 0.1) is 5.92 Å². The summed E-state index contributed by atoms with van der Waals surface area (Å²) in [6, 6.07) is 7.57. The number of thioether (sulfide) groups is 1. The van der Waals surface area contributed by atoms with Gasteiger partial charge in [0.25, 0.3) is 0 Å². The van der Waals surface area contributed by atoms with Crippen LogP contribution in [0.4, 0.5) is 5.00 Å². The number of allylic oxidation sites excluding steroid dienone is 1. The Bertz CT molecular complexity index is 1250. The highest BCUT2D eigenvalue weighted by atomic mass is 32.2. The second-order valence-corrected chi connectivity index (χ2v) is 10.4. The molecule has 1 aliphatic rings. The van der Waals surface area contributed by atoms with Gasteiger partial charge in [0.15, 0.2) is 11.0 Å². The number of nitrogens with zero attached hydrogens (tertiary/aromatic N) is 3. The lowest BCUT2D eigenvalue weighted by atomic mass is 9.88. The quantitative estimate of drug-likeness (QED) is 0.249. The Morgan fingerprint density at radius 2 is 2.17 bits per heavy atom. The molecule has 8 nitrogen and oxygen atoms in total. The normalized spacial score (nSPS) is 14.8. The number of thiophene rings is 1. The number of carbonyl (C=O) groups excluding carboxylic acids is 2. The van der Waals surface area contributed by atoms with Crippen molar-refractivity contribution >= 4 is 40.0 Å². The summed E-state index contributed by atoms with van der Waals surface area (Å²) < 4.78 is 12.2. The van der Waals surface area contributed by atoms with E-state index < -0.39 is 5.97 Å². The largest absolute Gasteiger partial charge is 0.497 e. The first kappa shape index (κ1) is 25.0. The number of rotatable bonds is 9. The van der Waals surface area contributed by atoms with Gasteiger partial charge >= 0.3 is 5.97 Å². The van der Waals surface area contributed by atoms with Crippen LogP contribution in [-0.2, 0) is 28.9 Å². The molecule has 1 aromatic carbocycles. The molecule has 1 aliphatic carbocycles. The number of nitrogens with one attached hydrogen (secondary N) is 1. The summed E-state index contributed by atoms with van der Waals surface area (Å²) in [6.45, 7) is 6.53. The maximum absolute atomic E-state index is 12.9. The number of benzene rings is 1. The van der Waals surface area contributed by atoms with Crippen LogP contribution < -0.4 is 10.1 Å². The predicted molar refractivity (Wildman–Crippen MR) is 138 cm³/mol. The molecule has 1 atom stereocenters. The molecule has 3 aromatic rings. The Morgan fingerprint density at radius 3 is 2.91 bits per heavy atom. The molecule has 0 aliphatic heterocycles. The Kier molecular flexibility index (Phi) is 7.92. The number of fused-ring (bicyclic) bond motifs is 1. The van der Waals surface area contributed by atoms with Crippen LogP contribution in [0.15, 0.2) is 42.1 Å². The van der Waals surface area contributed by atoms with Crippen molar-refractivity contribution in [3.8, 4) is 17.1 Å². The fourth-order valence-corrected chi connectivity index (χ4v) is 6.28. The zero-order chi connectivity index (χ0) is 24.9. The number of esters is 1. The molecule has 0 saturated heterocycles. The minimum Gasteiger partial charge on any atom is -0.497 e. The first-order valence-corrected chi connectivity index (χ1v) is 13.1. The van der Waals surface area contributed by atoms with Gasteiger partial charge in [0.2, 0.25) is 5.91 Å². The zero-order valence-electron chi connectivity index (χ0n) is 20.0. The Labute approximate surface area is 212 Å². The van der Waals surface area contributed by atoms with E-state index in [1.165, 1.54) is 30.2 Å². The first-order chi connectivity index (χ1) is 16.9. The summed E-state index contributed by atoms with van der Waals surface area (Å²) in [4.78, 5) is 26.5. The molecular weight excluding hydrogens is 484 g/mol. The van der Waals surface area contributed by atoms with Gasteiger partial charge in [-0.3, -0.25) is 9.36 Å². The fraction of sp³-hybridized carbons (Fsp3) is 0.360. The number of methoxy groups -OCH3 is 2. The molecule has 35 heavy (non-hydrogen) atoms. The van der Waals surface area contributed by atoms with Crippen LogP contribution in [0.3, 0.4) is 0 Å². The molecule has 0 spiro atoms. The maximum atomic E-state index is 12.9. The lowest BCUT2D eigenvalue weighted by molar-refractivity contribution is -0.113. The van der Waals surface area contributed by atoms with Crippen molar-refractivity contribution in [3.63, 3.8) is 0 Å². The molecular formula is C25H28N4O4S2. The molecule has 10 heteroatoms. The number of aromatic nitrogens is 3. The van der Waals surface area contributed by atoms with Crippen LogP contribution >= 0.6 is 23.1 Å². The van der Waals surface area contributed by atoms with Gasteiger partial charge in [0.1, 0.15) is 10.8 Å². The van der Waals surface area contributed by atoms with E-state index in [2.05, 4.69) is 29.0 Å². The van der Waals surface area contributed by atoms with E-state index in [1.807, 2.05) is 28.8 Å². The van der Waals surface area contributed by atoms with Crippen molar-refractivity contribution in [2.45, 2.75) is 37.9 Å². The molecule has 2 heterocycles. The van der Waals surface area contributed by atoms with Crippen LogP contribution in [0.25, 0.3) is 11.4 Å². The summed E-state index contributed by atoms with van der Waals surface area (Å²) in [6.07, 6.45) is 4.51. The highest BCUT2D eigenvalue weighted by Crippen LogP contribution is 2.40. The zero-order valence-corrected chi connectivity index (χ0v) is 21.6. The molecule has 1 unspecified atom stereocenters. The first-order valence-electron chi connectivity index (χ1n) is 11.3. The lowest BCUT2D eigenvalue weighted by Gasteiger charge is -2.18. The van der Waals surface area contributed by atoms with E-state index in [-0.39, 0.29) is 11.7 Å². The average Bonchev–Trinajstić information content (AvgIpc) is 3.42. The van der Waals surface area contributed by atoms with Crippen molar-refractivity contribution in [2.75, 3.05) is 25.3 Å². The summed E-state index contributed by atoms with van der Waals surface area (Å²) in [5.74, 6) is 1.43. The van der Waals surface area contributed by atoms with Gasteiger partial charge in [-0.25, -0.2) is 4.79 Å². The molecule has 0 radical (unpaired) electrons. The van der Waals surface area contributed by atoms with Gasteiger partial charge < -0.3 is 14.8 Å². The van der Waals surface area contributed by atoms with Gasteiger partial charge in [0, 0.05) is 17.0 Å². The summed E-state index contributed by atoms with van der Waals surface area (Å²) in [5, 5.41) is 12.7. The Hall–Kier alpha value is -3.11. The maximum Gasteiger partial charge on any atom is 0.341 e. The molecule has 2 aromatic heterocycles. The summed E-state index contributed by atoms with van der Waals surface area (Å²) >= 11 is 2.76. The van der Waals surface area contributed by atoms with E-state index in [4.69, 9.17) is 9.47 Å². The van der Waals surface area contributed by atoms with Gasteiger partial charge in [-0.2, -0.15) is 0 Å². The standard InChI is InChI=1S/C25H28N4O4S2/c1-5-11-29-22(16-7-6-8-17(13-16)32-3)27-28-25(29)34-14-20(30)26-23-21(24(31)33-4)18-10-9-15(2)12-19(18)35-23/h5-8,13,15H,1,9-12,14H2,2-4H3,(H,26,30). The van der Waals surface area contributed by atoms with Crippen LogP contribution in [0.5, 0.6) is 5.75 Å². The summed E-state index contributed by atoms with van der Waals surface area (Å²) in [7, 11) is 2.98. The van der Waals surface area contributed by atoms with Crippen LogP contribution in [0.2, 0.25) is 0 Å². The SMILES string of the molecule is C=CCn1c(SCC(=O)Nc2sc3c(c2C(=O)OC)CCC(C)C3)nnc1-c1cccc(OC)c1. The molecule has 1 amide bonds. The van der Waals surface area contributed by atoms with Gasteiger partial charge in [-0.15, -0.1) is 28.1 Å². The fourth-order valence-electron chi connectivity index (χ4n) is 4.11. The number of carbonyl (C=O) groups is 2. The van der Waals surface area contributed by atoms with Gasteiger partial charge in [-0.05, 0) is 42.9 Å². The monoisotopic (exact) mass is 512 g/mol. The topological polar surface area (TPSA) is 95.3 Å². The smallest absolute Gasteiger partial charge is 0.341 e. The highest BCUT2D eigenvalue weighted by Gasteiger charge is 2.29. The third-order valence-corrected chi connectivity index (χ3v) is 7.98. The number of amides is 1. The molecule has 0 saturated carbocycles. The number of hydrogen-bond acceptors (Lipinski definition) is 8. The molecule has 0 fully saturated rings. The van der Waals surface area contributed by atoms with Crippen molar-refractivity contribution < 1.29 is 19.1 Å². The molecule has 1 N–H and O–H groups in total. The van der Waals surface area contributed by atoms with E-state index >= 15 is 0 Å². The Balaban J connectivity index is 1.51. The van der Waals surface area contributed by atoms with Crippen LogP contribution in [0.1, 0.15) is 34.1 Å².